The van der Waals surface area contributed by atoms with Gasteiger partial charge in [-0.2, -0.15) is 0 Å². The highest BCUT2D eigenvalue weighted by atomic mass is 16.6. The number of nitrogens with two attached hydrogens (primary N) is 1. The van der Waals surface area contributed by atoms with Gasteiger partial charge in [-0.05, 0) is 43.1 Å². The first-order chi connectivity index (χ1) is 17.5. The Morgan fingerprint density at radius 3 is 2.59 bits per heavy atom. The van der Waals surface area contributed by atoms with Crippen molar-refractivity contribution in [2.45, 2.75) is 57.1 Å². The number of anilines is 2. The number of rotatable bonds is 8. The van der Waals surface area contributed by atoms with Crippen molar-refractivity contribution < 1.29 is 19.7 Å². The van der Waals surface area contributed by atoms with Crippen molar-refractivity contribution in [2.24, 2.45) is 0 Å². The molecule has 12 heteroatoms. The molecule has 4 atom stereocenters. The summed E-state index contributed by atoms with van der Waals surface area (Å²) in [5.74, 6) is 0.230. The van der Waals surface area contributed by atoms with Crippen molar-refractivity contribution in [1.29, 1.82) is 0 Å². The highest BCUT2D eigenvalue weighted by Crippen LogP contribution is 2.32. The van der Waals surface area contributed by atoms with E-state index in [-0.39, 0.29) is 17.3 Å². The Balaban J connectivity index is 1.21. The number of nitrogens with zero attached hydrogens (tertiary/aromatic N) is 5. The molecule has 1 fully saturated rings. The summed E-state index contributed by atoms with van der Waals surface area (Å²) in [5, 5.41) is 26.9. The first kappa shape index (κ1) is 26.7. The number of fused-ring (bicyclic) bond motifs is 1. The summed E-state index contributed by atoms with van der Waals surface area (Å²) in [7, 11) is 1.90. The normalized spacial score (nSPS) is 22.0. The molecular formula is C25H36N8O4. The van der Waals surface area contributed by atoms with E-state index >= 15 is 0 Å². The number of hydrogen-bond acceptors (Lipinski definition) is 9. The quantitative estimate of drug-likeness (QED) is 0.281. The molecule has 1 aliphatic rings. The summed E-state index contributed by atoms with van der Waals surface area (Å²) in [6, 6.07) is 7.57. The van der Waals surface area contributed by atoms with Crippen LogP contribution in [-0.2, 0) is 10.2 Å². The van der Waals surface area contributed by atoms with Crippen LogP contribution in [0.25, 0.3) is 11.2 Å². The summed E-state index contributed by atoms with van der Waals surface area (Å²) in [4.78, 5) is 26.5. The second kappa shape index (κ2) is 11.0. The van der Waals surface area contributed by atoms with Crippen LogP contribution in [0.1, 0.15) is 39.0 Å². The number of nitrogens with one attached hydrogen (secondary N) is 2. The van der Waals surface area contributed by atoms with Crippen LogP contribution >= 0.6 is 0 Å². The van der Waals surface area contributed by atoms with Crippen molar-refractivity contribution in [1.82, 2.24) is 29.7 Å². The standard InChI is InChI=1S/C25H36N8O4/c1-25(2,3)15-6-8-16(9-7-15)31-24(36)27-10-5-11-32(4)12-17-19(34)20(35)23(37-17)33-14-30-18-21(26)28-13-29-22(18)33/h6-9,13-14,17,19-20,23,34-35H,5,10-12H2,1-4H3,(H2,26,28,29)(H2,27,31,36)/t17-,19-,20-,23-/m1/s1. The minimum atomic E-state index is -1.16. The molecule has 0 unspecified atom stereocenters. The van der Waals surface area contributed by atoms with Crippen molar-refractivity contribution in [2.75, 3.05) is 37.7 Å². The molecule has 0 saturated carbocycles. The average molecular weight is 513 g/mol. The smallest absolute Gasteiger partial charge is 0.319 e. The van der Waals surface area contributed by atoms with Crippen LogP contribution < -0.4 is 16.4 Å². The second-order valence-corrected chi connectivity index (χ2v) is 10.5. The van der Waals surface area contributed by atoms with Crippen molar-refractivity contribution in [3.63, 3.8) is 0 Å². The van der Waals surface area contributed by atoms with Gasteiger partial charge in [0.05, 0.1) is 6.33 Å². The zero-order valence-corrected chi connectivity index (χ0v) is 21.6. The molecule has 200 valence electrons. The molecule has 2 amide bonds. The van der Waals surface area contributed by atoms with Gasteiger partial charge >= 0.3 is 6.03 Å². The van der Waals surface area contributed by atoms with Crippen LogP contribution in [0.3, 0.4) is 0 Å². The Hall–Kier alpha value is -3.32. The lowest BCUT2D eigenvalue weighted by Gasteiger charge is -2.22. The summed E-state index contributed by atoms with van der Waals surface area (Å²) in [6.07, 6.45) is -0.227. The van der Waals surface area contributed by atoms with Gasteiger partial charge < -0.3 is 36.2 Å². The Bertz CT molecular complexity index is 1210. The fourth-order valence-corrected chi connectivity index (χ4v) is 4.34. The summed E-state index contributed by atoms with van der Waals surface area (Å²) < 4.78 is 7.55. The molecule has 6 N–H and O–H groups in total. The third-order valence-corrected chi connectivity index (χ3v) is 6.50. The first-order valence-corrected chi connectivity index (χ1v) is 12.3. The van der Waals surface area contributed by atoms with E-state index in [0.717, 1.165) is 5.69 Å². The number of ether oxygens (including phenoxy) is 1. The van der Waals surface area contributed by atoms with Gasteiger partial charge in [0.2, 0.25) is 0 Å². The fraction of sp³-hybridized carbons (Fsp3) is 0.520. The number of aromatic nitrogens is 4. The maximum Gasteiger partial charge on any atom is 0.319 e. The highest BCUT2D eigenvalue weighted by Gasteiger charge is 2.44. The molecule has 3 aromatic rings. The van der Waals surface area contributed by atoms with E-state index in [0.29, 0.717) is 37.2 Å². The minimum absolute atomic E-state index is 0.0583. The molecule has 0 radical (unpaired) electrons. The van der Waals surface area contributed by atoms with Gasteiger partial charge in [-0.15, -0.1) is 0 Å². The number of carbonyl (C=O) groups excluding carboxylic acids is 1. The molecule has 3 heterocycles. The molecule has 1 aliphatic heterocycles. The van der Waals surface area contributed by atoms with Crippen molar-refractivity contribution in [3.05, 3.63) is 42.5 Å². The molecule has 0 spiro atoms. The predicted molar refractivity (Wildman–Crippen MR) is 140 cm³/mol. The predicted octanol–water partition coefficient (Wildman–Crippen LogP) is 1.47. The van der Waals surface area contributed by atoms with Gasteiger partial charge in [0, 0.05) is 18.8 Å². The zero-order chi connectivity index (χ0) is 26.7. The zero-order valence-electron chi connectivity index (χ0n) is 21.6. The SMILES string of the molecule is CN(CCCNC(=O)Nc1ccc(C(C)(C)C)cc1)C[C@H]1O[C@@H](n2cnc3c(N)ncnc32)[C@H](O)[C@@H]1O. The lowest BCUT2D eigenvalue weighted by molar-refractivity contribution is -0.0421. The van der Waals surface area contributed by atoms with E-state index in [4.69, 9.17) is 10.5 Å². The first-order valence-electron chi connectivity index (χ1n) is 12.3. The molecule has 4 rings (SSSR count). The molecule has 12 nitrogen and oxygen atoms in total. The molecule has 0 bridgehead atoms. The Labute approximate surface area is 215 Å². The largest absolute Gasteiger partial charge is 0.387 e. The summed E-state index contributed by atoms with van der Waals surface area (Å²) in [5.41, 5.74) is 8.67. The number of urea groups is 1. The number of nitrogen functional groups attached to an aromatic ring is 1. The molecule has 1 saturated heterocycles. The molecule has 0 aliphatic carbocycles. The van der Waals surface area contributed by atoms with Gasteiger partial charge in [0.15, 0.2) is 17.7 Å². The maximum absolute atomic E-state index is 12.2. The van der Waals surface area contributed by atoms with E-state index in [1.54, 1.807) is 4.57 Å². The van der Waals surface area contributed by atoms with E-state index in [9.17, 15) is 15.0 Å². The summed E-state index contributed by atoms with van der Waals surface area (Å²) in [6.45, 7) is 7.97. The van der Waals surface area contributed by atoms with E-state index in [2.05, 4.69) is 46.4 Å². The molecule has 2 aromatic heterocycles. The van der Waals surface area contributed by atoms with Crippen LogP contribution in [0.2, 0.25) is 0 Å². The van der Waals surface area contributed by atoms with Crippen molar-refractivity contribution in [3.8, 4) is 0 Å². The number of amides is 2. The van der Waals surface area contributed by atoms with Crippen LogP contribution in [0.15, 0.2) is 36.9 Å². The highest BCUT2D eigenvalue weighted by molar-refractivity contribution is 5.89. The van der Waals surface area contributed by atoms with E-state index < -0.39 is 24.5 Å². The second-order valence-electron chi connectivity index (χ2n) is 10.5. The number of carbonyl (C=O) groups is 1. The number of benzene rings is 1. The average Bonchev–Trinajstić information content (AvgIpc) is 3.39. The number of aliphatic hydroxyl groups is 2. The van der Waals surface area contributed by atoms with Gasteiger partial charge in [-0.25, -0.2) is 19.7 Å². The number of imidazole rings is 1. The van der Waals surface area contributed by atoms with Gasteiger partial charge in [0.25, 0.3) is 0 Å². The third-order valence-electron chi connectivity index (χ3n) is 6.50. The van der Waals surface area contributed by atoms with Crippen LogP contribution in [0.4, 0.5) is 16.3 Å². The minimum Gasteiger partial charge on any atom is -0.387 e. The van der Waals surface area contributed by atoms with Crippen molar-refractivity contribution >= 4 is 28.7 Å². The maximum atomic E-state index is 12.2. The van der Waals surface area contributed by atoms with Crippen LogP contribution in [0.5, 0.6) is 0 Å². The Morgan fingerprint density at radius 1 is 1.16 bits per heavy atom. The topological polar surface area (TPSA) is 164 Å². The van der Waals surface area contributed by atoms with Gasteiger partial charge in [-0.3, -0.25) is 4.57 Å². The Morgan fingerprint density at radius 2 is 1.89 bits per heavy atom. The van der Waals surface area contributed by atoms with E-state index in [1.807, 2.05) is 36.2 Å². The monoisotopic (exact) mass is 512 g/mol. The number of aliphatic hydroxyl groups excluding tert-OH is 2. The van der Waals surface area contributed by atoms with Gasteiger partial charge in [0.1, 0.15) is 30.2 Å². The summed E-state index contributed by atoms with van der Waals surface area (Å²) >= 11 is 0. The third kappa shape index (κ3) is 6.16. The molecule has 37 heavy (non-hydrogen) atoms. The fourth-order valence-electron chi connectivity index (χ4n) is 4.34. The van der Waals surface area contributed by atoms with Crippen LogP contribution in [-0.4, -0.2) is 85.7 Å². The van der Waals surface area contributed by atoms with Crippen LogP contribution in [0, 0.1) is 0 Å². The lowest BCUT2D eigenvalue weighted by Crippen LogP contribution is -2.39. The number of hydrogen-bond donors (Lipinski definition) is 5. The lowest BCUT2D eigenvalue weighted by atomic mass is 9.87. The number of likely N-dealkylation sites (N-methyl/N-ethyl adjacent to an activating group) is 1. The molecular weight excluding hydrogens is 476 g/mol. The Kier molecular flexibility index (Phi) is 7.93. The molecule has 1 aromatic carbocycles. The van der Waals surface area contributed by atoms with Gasteiger partial charge in [-0.1, -0.05) is 32.9 Å². The van der Waals surface area contributed by atoms with E-state index in [1.165, 1.54) is 18.2 Å².